The quantitative estimate of drug-likeness (QED) is 0.778. The maximum Gasteiger partial charge on any atom is 0.0270 e. The van der Waals surface area contributed by atoms with Gasteiger partial charge in [0.05, 0.1) is 0 Å². The highest BCUT2D eigenvalue weighted by molar-refractivity contribution is 5.10. The Balaban J connectivity index is 1.88. The fourth-order valence-electron chi connectivity index (χ4n) is 3.22. The molecule has 0 unspecified atom stereocenters. The van der Waals surface area contributed by atoms with Crippen molar-refractivity contribution in [1.82, 2.24) is 9.88 Å². The third kappa shape index (κ3) is 5.22. The molecule has 0 spiro atoms. The molecule has 1 aliphatic carbocycles. The van der Waals surface area contributed by atoms with E-state index in [2.05, 4.69) is 22.0 Å². The molecule has 3 nitrogen and oxygen atoms in total. The molecule has 0 bridgehead atoms. The van der Waals surface area contributed by atoms with E-state index in [0.29, 0.717) is 0 Å². The highest BCUT2D eigenvalue weighted by atomic mass is 15.1. The third-order valence-corrected chi connectivity index (χ3v) is 4.43. The summed E-state index contributed by atoms with van der Waals surface area (Å²) in [5, 5.41) is 0. The fourth-order valence-corrected chi connectivity index (χ4v) is 3.22. The van der Waals surface area contributed by atoms with E-state index >= 15 is 0 Å². The highest BCUT2D eigenvalue weighted by Crippen LogP contribution is 2.22. The maximum atomic E-state index is 5.71. The molecule has 1 aromatic heterocycles. The van der Waals surface area contributed by atoms with Crippen LogP contribution in [0, 0.1) is 0 Å². The van der Waals surface area contributed by atoms with E-state index in [-0.39, 0.29) is 0 Å². The van der Waals surface area contributed by atoms with Crippen LogP contribution in [0.1, 0.15) is 50.5 Å². The molecule has 1 aliphatic rings. The second-order valence-electron chi connectivity index (χ2n) is 5.93. The highest BCUT2D eigenvalue weighted by Gasteiger charge is 2.19. The van der Waals surface area contributed by atoms with Crippen LogP contribution in [0.15, 0.2) is 24.5 Å². The number of rotatable bonds is 7. The Kier molecular flexibility index (Phi) is 7.02. The van der Waals surface area contributed by atoms with E-state index in [4.69, 9.17) is 5.73 Å². The molecule has 1 saturated carbocycles. The Hall–Kier alpha value is -0.930. The zero-order valence-corrected chi connectivity index (χ0v) is 12.6. The molecule has 0 saturated heterocycles. The monoisotopic (exact) mass is 275 g/mol. The fraction of sp³-hybridized carbons (Fsp3) is 0.706. The SMILES string of the molecule is NCCCN(CCc1ccncc1)C1CCCCCC1. The molecular formula is C17H29N3. The van der Waals surface area contributed by atoms with Crippen LogP contribution in [-0.2, 0) is 6.42 Å². The van der Waals surface area contributed by atoms with Gasteiger partial charge in [0.2, 0.25) is 0 Å². The van der Waals surface area contributed by atoms with Crippen molar-refractivity contribution >= 4 is 0 Å². The van der Waals surface area contributed by atoms with Crippen molar-refractivity contribution in [2.45, 2.75) is 57.4 Å². The molecule has 1 fully saturated rings. The Morgan fingerprint density at radius 3 is 2.40 bits per heavy atom. The van der Waals surface area contributed by atoms with Crippen LogP contribution >= 0.6 is 0 Å². The van der Waals surface area contributed by atoms with Gasteiger partial charge in [-0.05, 0) is 56.5 Å². The van der Waals surface area contributed by atoms with Gasteiger partial charge < -0.3 is 10.6 Å². The van der Waals surface area contributed by atoms with E-state index in [9.17, 15) is 0 Å². The third-order valence-electron chi connectivity index (χ3n) is 4.43. The van der Waals surface area contributed by atoms with Crippen molar-refractivity contribution < 1.29 is 0 Å². The van der Waals surface area contributed by atoms with Crippen molar-refractivity contribution in [2.24, 2.45) is 5.73 Å². The number of hydrogen-bond acceptors (Lipinski definition) is 3. The standard InChI is InChI=1S/C17H29N3/c18-11-5-14-20(17-6-3-1-2-4-7-17)15-10-16-8-12-19-13-9-16/h8-9,12-13,17H,1-7,10-11,14-15,18H2. The van der Waals surface area contributed by atoms with Crippen molar-refractivity contribution in [3.8, 4) is 0 Å². The van der Waals surface area contributed by atoms with Gasteiger partial charge in [0, 0.05) is 25.0 Å². The van der Waals surface area contributed by atoms with Crippen molar-refractivity contribution in [3.05, 3.63) is 30.1 Å². The molecule has 0 radical (unpaired) electrons. The first-order chi connectivity index (χ1) is 9.90. The topological polar surface area (TPSA) is 42.1 Å². The van der Waals surface area contributed by atoms with Crippen LogP contribution in [-0.4, -0.2) is 35.6 Å². The molecule has 0 aliphatic heterocycles. The van der Waals surface area contributed by atoms with E-state index in [1.54, 1.807) is 0 Å². The lowest BCUT2D eigenvalue weighted by atomic mass is 10.1. The maximum absolute atomic E-state index is 5.71. The van der Waals surface area contributed by atoms with E-state index in [0.717, 1.165) is 38.5 Å². The molecule has 2 N–H and O–H groups in total. The summed E-state index contributed by atoms with van der Waals surface area (Å²) in [7, 11) is 0. The van der Waals surface area contributed by atoms with Gasteiger partial charge in [0.25, 0.3) is 0 Å². The average molecular weight is 275 g/mol. The van der Waals surface area contributed by atoms with E-state index in [1.807, 2.05) is 12.4 Å². The van der Waals surface area contributed by atoms with Crippen LogP contribution in [0.25, 0.3) is 0 Å². The predicted octanol–water partition coefficient (Wildman–Crippen LogP) is 3.00. The molecule has 2 rings (SSSR count). The first-order valence-corrected chi connectivity index (χ1v) is 8.23. The molecule has 3 heteroatoms. The minimum atomic E-state index is 0.783. The van der Waals surface area contributed by atoms with Gasteiger partial charge >= 0.3 is 0 Å². The molecule has 0 amide bonds. The summed E-state index contributed by atoms with van der Waals surface area (Å²) in [5.74, 6) is 0. The number of aromatic nitrogens is 1. The van der Waals surface area contributed by atoms with E-state index < -0.39 is 0 Å². The summed E-state index contributed by atoms with van der Waals surface area (Å²) in [6.45, 7) is 3.12. The lowest BCUT2D eigenvalue weighted by Crippen LogP contribution is -2.38. The van der Waals surface area contributed by atoms with Crippen LogP contribution in [0.5, 0.6) is 0 Å². The van der Waals surface area contributed by atoms with Gasteiger partial charge in [-0.2, -0.15) is 0 Å². The Labute approximate surface area is 123 Å². The summed E-state index contributed by atoms with van der Waals surface area (Å²) < 4.78 is 0. The minimum Gasteiger partial charge on any atom is -0.330 e. The smallest absolute Gasteiger partial charge is 0.0270 e. The van der Waals surface area contributed by atoms with Gasteiger partial charge in [0.15, 0.2) is 0 Å². The lowest BCUT2D eigenvalue weighted by molar-refractivity contribution is 0.179. The first-order valence-electron chi connectivity index (χ1n) is 8.23. The lowest BCUT2D eigenvalue weighted by Gasteiger charge is -2.31. The van der Waals surface area contributed by atoms with Crippen molar-refractivity contribution in [2.75, 3.05) is 19.6 Å². The molecule has 0 atom stereocenters. The minimum absolute atomic E-state index is 0.783. The first kappa shape index (κ1) is 15.5. The Morgan fingerprint density at radius 1 is 1.05 bits per heavy atom. The molecular weight excluding hydrogens is 246 g/mol. The van der Waals surface area contributed by atoms with E-state index in [1.165, 1.54) is 44.1 Å². The molecule has 0 aromatic carbocycles. The number of hydrogen-bond donors (Lipinski definition) is 1. The number of nitrogens with two attached hydrogens (primary N) is 1. The zero-order chi connectivity index (χ0) is 14.0. The molecule has 1 aromatic rings. The second-order valence-corrected chi connectivity index (χ2v) is 5.93. The summed E-state index contributed by atoms with van der Waals surface area (Å²) >= 11 is 0. The van der Waals surface area contributed by atoms with Crippen molar-refractivity contribution in [3.63, 3.8) is 0 Å². The average Bonchev–Trinajstić information content (AvgIpc) is 2.78. The summed E-state index contributed by atoms with van der Waals surface area (Å²) in [6.07, 6.45) is 14.4. The molecule has 1 heterocycles. The summed E-state index contributed by atoms with van der Waals surface area (Å²) in [5.41, 5.74) is 7.10. The Morgan fingerprint density at radius 2 is 1.75 bits per heavy atom. The van der Waals surface area contributed by atoms with Gasteiger partial charge in [-0.25, -0.2) is 0 Å². The van der Waals surface area contributed by atoms with Crippen molar-refractivity contribution in [1.29, 1.82) is 0 Å². The van der Waals surface area contributed by atoms with Crippen LogP contribution < -0.4 is 5.73 Å². The summed E-state index contributed by atoms with van der Waals surface area (Å²) in [6, 6.07) is 5.05. The van der Waals surface area contributed by atoms with Crippen LogP contribution in [0.4, 0.5) is 0 Å². The number of nitrogens with zero attached hydrogens (tertiary/aromatic N) is 2. The second kappa shape index (κ2) is 9.09. The molecule has 112 valence electrons. The van der Waals surface area contributed by atoms with Gasteiger partial charge in [-0.1, -0.05) is 25.7 Å². The Bertz CT molecular complexity index is 345. The van der Waals surface area contributed by atoms with Crippen LogP contribution in [0.2, 0.25) is 0 Å². The predicted molar refractivity (Wildman–Crippen MR) is 84.7 cm³/mol. The summed E-state index contributed by atoms with van der Waals surface area (Å²) in [4.78, 5) is 6.79. The van der Waals surface area contributed by atoms with Gasteiger partial charge in [0.1, 0.15) is 0 Å². The van der Waals surface area contributed by atoms with Crippen LogP contribution in [0.3, 0.4) is 0 Å². The normalized spacial score (nSPS) is 17.3. The van der Waals surface area contributed by atoms with Gasteiger partial charge in [-0.3, -0.25) is 4.98 Å². The zero-order valence-electron chi connectivity index (χ0n) is 12.6. The van der Waals surface area contributed by atoms with Gasteiger partial charge in [-0.15, -0.1) is 0 Å². The number of pyridine rings is 1. The largest absolute Gasteiger partial charge is 0.330 e. The molecule has 20 heavy (non-hydrogen) atoms.